The highest BCUT2D eigenvalue weighted by Crippen LogP contribution is 2.28. The molecule has 1 saturated carbocycles. The largest absolute Gasteiger partial charge is 0.347 e. The second-order valence-corrected chi connectivity index (χ2v) is 7.10. The lowest BCUT2D eigenvalue weighted by atomic mass is 9.98. The molecule has 0 bridgehead atoms. The highest BCUT2D eigenvalue weighted by molar-refractivity contribution is 5.99. The van der Waals surface area contributed by atoms with Gasteiger partial charge >= 0.3 is 0 Å². The number of benzene rings is 1. The molecule has 1 fully saturated rings. The summed E-state index contributed by atoms with van der Waals surface area (Å²) in [7, 11) is 0. The number of carbonyl (C=O) groups excluding carboxylic acids is 2. The zero-order valence-corrected chi connectivity index (χ0v) is 14.8. The van der Waals surface area contributed by atoms with Gasteiger partial charge in [0.15, 0.2) is 0 Å². The zero-order valence-electron chi connectivity index (χ0n) is 13.9. The van der Waals surface area contributed by atoms with Crippen molar-refractivity contribution in [3.05, 3.63) is 29.8 Å². The number of rotatable bonds is 3. The first-order valence-electron chi connectivity index (χ1n) is 7.73. The van der Waals surface area contributed by atoms with Gasteiger partial charge in [-0.2, -0.15) is 0 Å². The van der Waals surface area contributed by atoms with Gasteiger partial charge in [-0.1, -0.05) is 12.8 Å². The van der Waals surface area contributed by atoms with Gasteiger partial charge in [0, 0.05) is 16.8 Å². The molecule has 0 aromatic heterocycles. The van der Waals surface area contributed by atoms with Gasteiger partial charge in [0.1, 0.15) is 0 Å². The van der Waals surface area contributed by atoms with E-state index in [-0.39, 0.29) is 29.8 Å². The van der Waals surface area contributed by atoms with Crippen LogP contribution in [-0.2, 0) is 4.79 Å². The fourth-order valence-corrected chi connectivity index (χ4v) is 2.61. The lowest BCUT2D eigenvalue weighted by Gasteiger charge is -2.22. The first kappa shape index (κ1) is 19.5. The van der Waals surface area contributed by atoms with Gasteiger partial charge in [-0.15, -0.1) is 12.4 Å². The molecule has 0 unspecified atom stereocenters. The van der Waals surface area contributed by atoms with Crippen molar-refractivity contribution in [3.8, 4) is 0 Å². The van der Waals surface area contributed by atoms with Crippen molar-refractivity contribution < 1.29 is 9.59 Å². The van der Waals surface area contributed by atoms with Crippen LogP contribution in [0.15, 0.2) is 24.3 Å². The van der Waals surface area contributed by atoms with Crippen LogP contribution in [0.25, 0.3) is 0 Å². The van der Waals surface area contributed by atoms with Crippen LogP contribution in [0.5, 0.6) is 0 Å². The van der Waals surface area contributed by atoms with E-state index >= 15 is 0 Å². The summed E-state index contributed by atoms with van der Waals surface area (Å²) in [5.41, 5.74) is 6.32. The number of halogens is 1. The molecule has 5 nitrogen and oxygen atoms in total. The van der Waals surface area contributed by atoms with Crippen LogP contribution < -0.4 is 16.4 Å². The summed E-state index contributed by atoms with van der Waals surface area (Å²) in [4.78, 5) is 24.3. The normalized spacial score (nSPS) is 16.3. The summed E-state index contributed by atoms with van der Waals surface area (Å²) >= 11 is 0. The third kappa shape index (κ3) is 5.22. The molecule has 0 spiro atoms. The third-order valence-electron chi connectivity index (χ3n) is 3.84. The maximum Gasteiger partial charge on any atom is 0.251 e. The zero-order chi connectivity index (χ0) is 16.4. The summed E-state index contributed by atoms with van der Waals surface area (Å²) in [5.74, 6) is -0.270. The van der Waals surface area contributed by atoms with Gasteiger partial charge in [-0.25, -0.2) is 0 Å². The van der Waals surface area contributed by atoms with Crippen LogP contribution in [0, 0.1) is 0 Å². The van der Waals surface area contributed by atoms with E-state index in [1.54, 1.807) is 24.3 Å². The Balaban J connectivity index is 0.00000264. The van der Waals surface area contributed by atoms with Crippen LogP contribution in [0.2, 0.25) is 0 Å². The van der Waals surface area contributed by atoms with E-state index in [4.69, 9.17) is 5.73 Å². The van der Waals surface area contributed by atoms with Crippen molar-refractivity contribution in [3.63, 3.8) is 0 Å². The first-order chi connectivity index (χ1) is 10.2. The van der Waals surface area contributed by atoms with Gasteiger partial charge in [0.25, 0.3) is 5.91 Å². The minimum absolute atomic E-state index is 0. The molecule has 0 heterocycles. The van der Waals surface area contributed by atoms with Crippen molar-refractivity contribution in [1.82, 2.24) is 5.32 Å². The van der Waals surface area contributed by atoms with Crippen LogP contribution in [0.3, 0.4) is 0 Å². The molecular formula is C17H26ClN3O2. The number of hydrogen-bond acceptors (Lipinski definition) is 3. The number of hydrogen-bond donors (Lipinski definition) is 3. The Bertz CT molecular complexity index is 558. The van der Waals surface area contributed by atoms with Gasteiger partial charge in [0.05, 0.1) is 5.54 Å². The Morgan fingerprint density at radius 2 is 1.61 bits per heavy atom. The molecule has 128 valence electrons. The van der Waals surface area contributed by atoms with Crippen LogP contribution >= 0.6 is 12.4 Å². The fraction of sp³-hybridized carbons (Fsp3) is 0.529. The predicted molar refractivity (Wildman–Crippen MR) is 94.9 cm³/mol. The molecule has 1 aliphatic carbocycles. The molecule has 23 heavy (non-hydrogen) atoms. The van der Waals surface area contributed by atoms with Crippen molar-refractivity contribution >= 4 is 29.9 Å². The lowest BCUT2D eigenvalue weighted by molar-refractivity contribution is -0.121. The van der Waals surface area contributed by atoms with E-state index in [2.05, 4.69) is 10.6 Å². The minimum atomic E-state index is -0.748. The monoisotopic (exact) mass is 339 g/mol. The Hall–Kier alpha value is -1.59. The van der Waals surface area contributed by atoms with Crippen LogP contribution in [-0.4, -0.2) is 22.9 Å². The summed E-state index contributed by atoms with van der Waals surface area (Å²) < 4.78 is 0. The Kier molecular flexibility index (Phi) is 6.19. The highest BCUT2D eigenvalue weighted by Gasteiger charge is 2.36. The molecule has 0 atom stereocenters. The van der Waals surface area contributed by atoms with E-state index in [9.17, 15) is 9.59 Å². The van der Waals surface area contributed by atoms with E-state index in [0.717, 1.165) is 25.7 Å². The topological polar surface area (TPSA) is 84.2 Å². The van der Waals surface area contributed by atoms with E-state index in [1.807, 2.05) is 20.8 Å². The van der Waals surface area contributed by atoms with E-state index in [1.165, 1.54) is 0 Å². The second-order valence-electron chi connectivity index (χ2n) is 7.10. The van der Waals surface area contributed by atoms with Crippen LogP contribution in [0.1, 0.15) is 56.8 Å². The number of anilines is 1. The standard InChI is InChI=1S/C17H25N3O2.ClH/c1-16(2,3)20-14(21)12-6-8-13(9-7-12)19-15(22)17(18)10-4-5-11-17;/h6-9H,4-5,10-11,18H2,1-3H3,(H,19,22)(H,20,21);1H. The van der Waals surface area contributed by atoms with Gasteiger partial charge in [-0.05, 0) is 57.9 Å². The molecule has 0 aliphatic heterocycles. The fourth-order valence-electron chi connectivity index (χ4n) is 2.61. The van der Waals surface area contributed by atoms with Crippen molar-refractivity contribution in [1.29, 1.82) is 0 Å². The maximum atomic E-state index is 12.2. The average molecular weight is 340 g/mol. The number of carbonyl (C=O) groups is 2. The molecular weight excluding hydrogens is 314 g/mol. The molecule has 2 amide bonds. The van der Waals surface area contributed by atoms with Gasteiger partial charge in [0.2, 0.25) is 5.91 Å². The molecule has 4 N–H and O–H groups in total. The lowest BCUT2D eigenvalue weighted by Crippen LogP contribution is -2.48. The highest BCUT2D eigenvalue weighted by atomic mass is 35.5. The van der Waals surface area contributed by atoms with Crippen molar-refractivity contribution in [2.45, 2.75) is 57.5 Å². The molecule has 2 rings (SSSR count). The van der Waals surface area contributed by atoms with E-state index < -0.39 is 5.54 Å². The summed E-state index contributed by atoms with van der Waals surface area (Å²) in [6, 6.07) is 6.87. The summed E-state index contributed by atoms with van der Waals surface area (Å²) in [6.07, 6.45) is 3.45. The van der Waals surface area contributed by atoms with Crippen molar-refractivity contribution in [2.75, 3.05) is 5.32 Å². The molecule has 1 aromatic carbocycles. The van der Waals surface area contributed by atoms with Gasteiger partial charge < -0.3 is 16.4 Å². The number of amides is 2. The Labute approximate surface area is 143 Å². The average Bonchev–Trinajstić information content (AvgIpc) is 2.86. The van der Waals surface area contributed by atoms with E-state index in [0.29, 0.717) is 11.3 Å². The first-order valence-corrected chi connectivity index (χ1v) is 7.73. The Morgan fingerprint density at radius 3 is 2.09 bits per heavy atom. The SMILES string of the molecule is CC(C)(C)NC(=O)c1ccc(NC(=O)C2(N)CCCC2)cc1.Cl. The van der Waals surface area contributed by atoms with Crippen molar-refractivity contribution in [2.24, 2.45) is 5.73 Å². The predicted octanol–water partition coefficient (Wildman–Crippen LogP) is 2.85. The Morgan fingerprint density at radius 1 is 1.09 bits per heavy atom. The molecule has 6 heteroatoms. The number of nitrogens with one attached hydrogen (secondary N) is 2. The number of nitrogens with two attached hydrogens (primary N) is 1. The third-order valence-corrected chi connectivity index (χ3v) is 3.84. The minimum Gasteiger partial charge on any atom is -0.347 e. The molecule has 0 saturated heterocycles. The molecule has 0 radical (unpaired) electrons. The molecule has 1 aliphatic rings. The quantitative estimate of drug-likeness (QED) is 0.791. The summed E-state index contributed by atoms with van der Waals surface area (Å²) in [5, 5.41) is 5.74. The maximum absolute atomic E-state index is 12.2. The van der Waals surface area contributed by atoms with Crippen LogP contribution in [0.4, 0.5) is 5.69 Å². The summed E-state index contributed by atoms with van der Waals surface area (Å²) in [6.45, 7) is 5.80. The second kappa shape index (κ2) is 7.32. The molecule has 1 aromatic rings. The van der Waals surface area contributed by atoms with Gasteiger partial charge in [-0.3, -0.25) is 9.59 Å². The smallest absolute Gasteiger partial charge is 0.251 e.